The Morgan fingerprint density at radius 3 is 1.30 bits per heavy atom. The number of hydrogen-bond acceptors (Lipinski definition) is 19. The van der Waals surface area contributed by atoms with E-state index >= 15 is 0 Å². The van der Waals surface area contributed by atoms with Gasteiger partial charge >= 0.3 is 47.8 Å². The Kier molecular flexibility index (Phi) is 22.8. The van der Waals surface area contributed by atoms with Gasteiger partial charge in [0.15, 0.2) is 0 Å². The second kappa shape index (κ2) is 30.7. The molecule has 3 fully saturated rings. The highest BCUT2D eigenvalue weighted by Gasteiger charge is 2.33. The first-order chi connectivity index (χ1) is 38.8. The topological polar surface area (TPSA) is 238 Å². The molecule has 4 aromatic carbocycles. The Morgan fingerprint density at radius 1 is 0.450 bits per heavy atom. The van der Waals surface area contributed by atoms with Gasteiger partial charge in [0.25, 0.3) is 0 Å². The Balaban J connectivity index is 0.926. The molecule has 424 valence electrons. The van der Waals surface area contributed by atoms with Crippen LogP contribution in [-0.4, -0.2) is 100 Å². The zero-order chi connectivity index (χ0) is 56.6. The summed E-state index contributed by atoms with van der Waals surface area (Å²) in [6, 6.07) is 20.6. The van der Waals surface area contributed by atoms with Crippen molar-refractivity contribution in [2.24, 2.45) is 17.8 Å². The molecule has 1 atom stereocenters. The molecule has 0 N–H and O–H groups in total. The third kappa shape index (κ3) is 18.4. The third-order valence-electron chi connectivity index (χ3n) is 13.5. The number of benzene rings is 4. The second-order valence-electron chi connectivity index (χ2n) is 19.4. The molecule has 1 aliphatic heterocycles. The van der Waals surface area contributed by atoms with Gasteiger partial charge in [0.05, 0.1) is 62.1 Å². The van der Waals surface area contributed by atoms with Gasteiger partial charge in [-0.3, -0.25) is 9.59 Å². The van der Waals surface area contributed by atoms with Crippen molar-refractivity contribution in [3.05, 3.63) is 132 Å². The molecule has 0 radical (unpaired) electrons. The Bertz CT molecular complexity index is 2610. The average Bonchev–Trinajstić information content (AvgIpc) is 4.24. The molecule has 2 saturated carbocycles. The van der Waals surface area contributed by atoms with Crippen LogP contribution in [0, 0.1) is 17.8 Å². The number of unbranched alkanes of at least 4 members (excludes halogenated alkanes) is 2. The summed E-state index contributed by atoms with van der Waals surface area (Å²) in [4.78, 5) is 103. The minimum Gasteiger partial charge on any atom is -0.494 e. The fraction of sp³-hybridized carbons (Fsp3) is 0.410. The summed E-state index contributed by atoms with van der Waals surface area (Å²) in [5, 5.41) is 0. The molecule has 1 unspecified atom stereocenters. The zero-order valence-electron chi connectivity index (χ0n) is 44.6. The maximum absolute atomic E-state index is 13.6. The lowest BCUT2D eigenvalue weighted by Gasteiger charge is -2.26. The van der Waals surface area contributed by atoms with E-state index in [2.05, 4.69) is 13.2 Å². The van der Waals surface area contributed by atoms with Crippen LogP contribution < -0.4 is 28.4 Å². The summed E-state index contributed by atoms with van der Waals surface area (Å²) in [5.74, 6) is -5.42. The van der Waals surface area contributed by atoms with Crippen LogP contribution in [0.5, 0.6) is 34.5 Å². The molecule has 19 nitrogen and oxygen atoms in total. The molecule has 4 aromatic rings. The predicted molar refractivity (Wildman–Crippen MR) is 286 cm³/mol. The molecule has 0 bridgehead atoms. The van der Waals surface area contributed by atoms with Gasteiger partial charge in [-0.1, -0.05) is 26.0 Å². The number of carbonyl (C=O) groups is 8. The van der Waals surface area contributed by atoms with E-state index in [1.54, 1.807) is 24.3 Å². The summed E-state index contributed by atoms with van der Waals surface area (Å²) in [6.45, 7) is 8.60. The van der Waals surface area contributed by atoms with E-state index in [0.29, 0.717) is 63.4 Å². The molecule has 7 rings (SSSR count). The van der Waals surface area contributed by atoms with Crippen LogP contribution in [0.3, 0.4) is 0 Å². The maximum atomic E-state index is 13.6. The largest absolute Gasteiger partial charge is 0.494 e. The van der Waals surface area contributed by atoms with Crippen molar-refractivity contribution < 1.29 is 90.5 Å². The smallest absolute Gasteiger partial charge is 0.343 e. The molecule has 3 aliphatic rings. The summed E-state index contributed by atoms with van der Waals surface area (Å²) in [5.41, 5.74) is 0.0879. The summed E-state index contributed by atoms with van der Waals surface area (Å²) < 4.78 is 61.2. The van der Waals surface area contributed by atoms with E-state index in [0.717, 1.165) is 44.3 Å². The predicted octanol–water partition coefficient (Wildman–Crippen LogP) is 9.90. The number of esters is 8. The van der Waals surface area contributed by atoms with Crippen LogP contribution in [0.25, 0.3) is 0 Å². The molecule has 80 heavy (non-hydrogen) atoms. The monoisotopic (exact) mass is 1100 g/mol. The SMILES string of the molecule is C=CC(=O)OCCCCOc1ccc(C(=O)Oc2ccc(OC(=O)C3CCC(C(=O)Oc4ccc(OC(=O)c5ccc(OCCCCOC(=O)C=C)cc5)c(C(=O)OCC5CCCO5)c4)CC3)cc2C(=O)OCC2CCCC2)cc1. The molecule has 2 aliphatic carbocycles. The van der Waals surface area contributed by atoms with Crippen LogP contribution in [0.1, 0.15) is 131 Å². The van der Waals surface area contributed by atoms with Gasteiger partial charge in [-0.05, 0) is 168 Å². The lowest BCUT2D eigenvalue weighted by molar-refractivity contribution is -0.145. The first-order valence-corrected chi connectivity index (χ1v) is 27.0. The average molecular weight is 1100 g/mol. The lowest BCUT2D eigenvalue weighted by atomic mass is 9.82. The van der Waals surface area contributed by atoms with E-state index in [4.69, 9.17) is 52.1 Å². The fourth-order valence-electron chi connectivity index (χ4n) is 9.02. The maximum Gasteiger partial charge on any atom is 0.343 e. The van der Waals surface area contributed by atoms with Crippen molar-refractivity contribution in [1.29, 1.82) is 0 Å². The number of hydrogen-bond donors (Lipinski definition) is 0. The number of carbonyl (C=O) groups excluding carboxylic acids is 8. The second-order valence-corrected chi connectivity index (χ2v) is 19.4. The van der Waals surface area contributed by atoms with Crippen LogP contribution in [-0.2, 0) is 42.9 Å². The Morgan fingerprint density at radius 2 is 0.875 bits per heavy atom. The van der Waals surface area contributed by atoms with E-state index in [1.165, 1.54) is 60.7 Å². The summed E-state index contributed by atoms with van der Waals surface area (Å²) in [6.07, 6.45) is 10.9. The zero-order valence-corrected chi connectivity index (χ0v) is 44.6. The van der Waals surface area contributed by atoms with Gasteiger partial charge in [-0.15, -0.1) is 0 Å². The van der Waals surface area contributed by atoms with Crippen molar-refractivity contribution in [3.8, 4) is 34.5 Å². The molecular formula is C61H66O19. The van der Waals surface area contributed by atoms with Crippen molar-refractivity contribution >= 4 is 47.8 Å². The molecule has 0 amide bonds. The molecular weight excluding hydrogens is 1040 g/mol. The van der Waals surface area contributed by atoms with Crippen LogP contribution >= 0.6 is 0 Å². The quantitative estimate of drug-likeness (QED) is 0.0169. The lowest BCUT2D eigenvalue weighted by Crippen LogP contribution is -2.30. The third-order valence-corrected chi connectivity index (χ3v) is 13.5. The molecule has 19 heteroatoms. The highest BCUT2D eigenvalue weighted by Crippen LogP contribution is 2.35. The standard InChI is InChI=1S/C61H66O19/c1-3-54(62)73-33-9-7-31-70-45-23-19-43(20-24-45)58(66)79-52-29-27-47(36-50(52)60(68)75-38-40-12-5-6-13-40)77-56(64)41-15-17-42(18-16-41)57(65)78-48-28-30-53(51(37-48)61(69)76-39-49-14-11-35-72-49)80-59(67)44-21-25-46(26-22-44)71-32-8-10-34-74-55(63)4-2/h3-4,19-30,36-37,40-42,49H,1-2,5-18,31-35,38-39H2. The molecule has 0 spiro atoms. The van der Waals surface area contributed by atoms with E-state index < -0.39 is 59.6 Å². The normalized spacial score (nSPS) is 16.7. The first-order valence-electron chi connectivity index (χ1n) is 27.0. The van der Waals surface area contributed by atoms with Gasteiger partial charge in [0.1, 0.15) is 52.2 Å². The number of ether oxygens (including phenoxy) is 11. The Hall–Kier alpha value is -8.32. The van der Waals surface area contributed by atoms with Gasteiger partial charge in [0.2, 0.25) is 0 Å². The van der Waals surface area contributed by atoms with Crippen LogP contribution in [0.4, 0.5) is 0 Å². The number of rotatable bonds is 28. The van der Waals surface area contributed by atoms with Gasteiger partial charge in [-0.25, -0.2) is 28.8 Å². The van der Waals surface area contributed by atoms with Crippen molar-refractivity contribution in [2.75, 3.05) is 46.2 Å². The van der Waals surface area contributed by atoms with E-state index in [-0.39, 0.29) is 109 Å². The van der Waals surface area contributed by atoms with Gasteiger partial charge in [0, 0.05) is 18.8 Å². The minimum absolute atomic E-state index is 0.00492. The van der Waals surface area contributed by atoms with Crippen molar-refractivity contribution in [2.45, 2.75) is 96.0 Å². The minimum atomic E-state index is -0.823. The molecule has 1 heterocycles. The van der Waals surface area contributed by atoms with Crippen molar-refractivity contribution in [3.63, 3.8) is 0 Å². The molecule has 0 aromatic heterocycles. The van der Waals surface area contributed by atoms with Crippen molar-refractivity contribution in [1.82, 2.24) is 0 Å². The van der Waals surface area contributed by atoms with Gasteiger partial charge in [-0.2, -0.15) is 0 Å². The summed E-state index contributed by atoms with van der Waals surface area (Å²) in [7, 11) is 0. The van der Waals surface area contributed by atoms with E-state index in [9.17, 15) is 38.4 Å². The highest BCUT2D eigenvalue weighted by atomic mass is 16.6. The van der Waals surface area contributed by atoms with Crippen LogP contribution in [0.2, 0.25) is 0 Å². The molecule has 1 saturated heterocycles. The fourth-order valence-corrected chi connectivity index (χ4v) is 9.02. The van der Waals surface area contributed by atoms with Crippen LogP contribution in [0.15, 0.2) is 110 Å². The summed E-state index contributed by atoms with van der Waals surface area (Å²) >= 11 is 0. The highest BCUT2D eigenvalue weighted by molar-refractivity contribution is 5.98. The van der Waals surface area contributed by atoms with E-state index in [1.807, 2.05) is 0 Å². The first kappa shape index (κ1) is 59.3. The van der Waals surface area contributed by atoms with Gasteiger partial charge < -0.3 is 52.1 Å². The Labute approximate surface area is 463 Å².